The maximum atomic E-state index is 10.1. The summed E-state index contributed by atoms with van der Waals surface area (Å²) < 4.78 is 5.30. The molecule has 0 amide bonds. The van der Waals surface area contributed by atoms with Gasteiger partial charge in [-0.05, 0) is 13.3 Å². The number of hydrogen-bond donors (Lipinski definition) is 2. The quantitative estimate of drug-likeness (QED) is 0.766. The molecule has 0 bridgehead atoms. The molecule has 1 saturated heterocycles. The molecule has 6 nitrogen and oxygen atoms in total. The predicted molar refractivity (Wildman–Crippen MR) is 82.9 cm³/mol. The summed E-state index contributed by atoms with van der Waals surface area (Å²) in [4.78, 5) is 10.7. The van der Waals surface area contributed by atoms with E-state index < -0.39 is 6.10 Å². The van der Waals surface area contributed by atoms with Gasteiger partial charge in [-0.3, -0.25) is 4.90 Å². The fraction of sp³-hybridized carbons (Fsp3) is 0.714. The highest BCUT2D eigenvalue weighted by molar-refractivity contribution is 6.30. The Balaban J connectivity index is 1.89. The van der Waals surface area contributed by atoms with Crippen LogP contribution < -0.4 is 5.32 Å². The standard InChI is InChI=1S/C14H23ClN4O2/c1-3-12-13(15)17-10(2)18-14(12)16-8-11(20)9-19-4-6-21-7-5-19/h11,20H,3-9H2,1-2H3,(H,16,17,18). The Hall–Kier alpha value is -0.950. The lowest BCUT2D eigenvalue weighted by atomic mass is 10.2. The van der Waals surface area contributed by atoms with Gasteiger partial charge in [0.1, 0.15) is 16.8 Å². The minimum Gasteiger partial charge on any atom is -0.390 e. The normalized spacial score (nSPS) is 17.7. The van der Waals surface area contributed by atoms with Gasteiger partial charge >= 0.3 is 0 Å². The number of anilines is 1. The number of ether oxygens (including phenoxy) is 1. The molecule has 1 aromatic rings. The first-order valence-electron chi connectivity index (χ1n) is 7.35. The van der Waals surface area contributed by atoms with Crippen LogP contribution in [0.15, 0.2) is 0 Å². The molecule has 1 unspecified atom stereocenters. The second kappa shape index (κ2) is 7.89. The van der Waals surface area contributed by atoms with E-state index in [2.05, 4.69) is 20.2 Å². The van der Waals surface area contributed by atoms with Gasteiger partial charge in [-0.2, -0.15) is 0 Å². The van der Waals surface area contributed by atoms with Crippen LogP contribution in [0.3, 0.4) is 0 Å². The van der Waals surface area contributed by atoms with Crippen LogP contribution in [0.25, 0.3) is 0 Å². The summed E-state index contributed by atoms with van der Waals surface area (Å²) in [6, 6.07) is 0. The van der Waals surface area contributed by atoms with E-state index in [1.54, 1.807) is 6.92 Å². The summed E-state index contributed by atoms with van der Waals surface area (Å²) in [6.45, 7) is 8.11. The molecule has 1 aliphatic heterocycles. The molecule has 2 rings (SSSR count). The average molecular weight is 315 g/mol. The number of β-amino-alcohol motifs (C(OH)–C–C–N with tert-alkyl or cyclic N) is 1. The van der Waals surface area contributed by atoms with Crippen LogP contribution in [-0.2, 0) is 11.2 Å². The van der Waals surface area contributed by atoms with Gasteiger partial charge < -0.3 is 15.2 Å². The van der Waals surface area contributed by atoms with Crippen molar-refractivity contribution < 1.29 is 9.84 Å². The maximum Gasteiger partial charge on any atom is 0.138 e. The second-order valence-electron chi connectivity index (χ2n) is 5.19. The number of aryl methyl sites for hydroxylation is 1. The Morgan fingerprint density at radius 1 is 1.38 bits per heavy atom. The van der Waals surface area contributed by atoms with Gasteiger partial charge in [0.25, 0.3) is 0 Å². The van der Waals surface area contributed by atoms with Crippen molar-refractivity contribution in [2.45, 2.75) is 26.4 Å². The van der Waals surface area contributed by atoms with Crippen LogP contribution in [0.2, 0.25) is 5.15 Å². The van der Waals surface area contributed by atoms with E-state index in [0.717, 1.165) is 44.1 Å². The highest BCUT2D eigenvalue weighted by Gasteiger charge is 2.16. The number of nitrogens with one attached hydrogen (secondary N) is 1. The van der Waals surface area contributed by atoms with E-state index in [0.29, 0.717) is 24.1 Å². The monoisotopic (exact) mass is 314 g/mol. The number of aliphatic hydroxyl groups is 1. The Morgan fingerprint density at radius 3 is 2.76 bits per heavy atom. The van der Waals surface area contributed by atoms with Crippen LogP contribution in [0.1, 0.15) is 18.3 Å². The number of hydrogen-bond acceptors (Lipinski definition) is 6. The van der Waals surface area contributed by atoms with Crippen LogP contribution in [0.4, 0.5) is 5.82 Å². The van der Waals surface area contributed by atoms with Crippen molar-refractivity contribution in [2.24, 2.45) is 0 Å². The molecule has 1 fully saturated rings. The van der Waals surface area contributed by atoms with Gasteiger partial charge in [0.15, 0.2) is 0 Å². The van der Waals surface area contributed by atoms with E-state index in [9.17, 15) is 5.11 Å². The van der Waals surface area contributed by atoms with Gasteiger partial charge in [-0.25, -0.2) is 9.97 Å². The zero-order valence-corrected chi connectivity index (χ0v) is 13.4. The summed E-state index contributed by atoms with van der Waals surface area (Å²) in [5, 5.41) is 13.8. The SMILES string of the molecule is CCc1c(Cl)nc(C)nc1NCC(O)CN1CCOCC1. The average Bonchev–Trinajstić information content (AvgIpc) is 2.45. The first-order chi connectivity index (χ1) is 10.1. The zero-order valence-electron chi connectivity index (χ0n) is 12.6. The van der Waals surface area contributed by atoms with Crippen LogP contribution in [0, 0.1) is 6.92 Å². The molecule has 0 radical (unpaired) electrons. The van der Waals surface area contributed by atoms with Crippen molar-refractivity contribution in [1.82, 2.24) is 14.9 Å². The number of morpholine rings is 1. The van der Waals surface area contributed by atoms with E-state index in [1.807, 2.05) is 6.92 Å². The van der Waals surface area contributed by atoms with Crippen LogP contribution in [0.5, 0.6) is 0 Å². The lowest BCUT2D eigenvalue weighted by Gasteiger charge is -2.28. The number of halogens is 1. The molecule has 1 aromatic heterocycles. The van der Waals surface area contributed by atoms with Crippen molar-refractivity contribution >= 4 is 17.4 Å². The summed E-state index contributed by atoms with van der Waals surface area (Å²) >= 11 is 6.13. The Kier molecular flexibility index (Phi) is 6.17. The summed E-state index contributed by atoms with van der Waals surface area (Å²) in [6.07, 6.45) is 0.294. The fourth-order valence-electron chi connectivity index (χ4n) is 2.38. The van der Waals surface area contributed by atoms with Crippen molar-refractivity contribution in [3.63, 3.8) is 0 Å². The van der Waals surface area contributed by atoms with Gasteiger partial charge in [-0.1, -0.05) is 18.5 Å². The number of rotatable bonds is 6. The van der Waals surface area contributed by atoms with Gasteiger partial charge in [0.05, 0.1) is 19.3 Å². The van der Waals surface area contributed by atoms with Crippen LogP contribution in [-0.4, -0.2) is 65.5 Å². The van der Waals surface area contributed by atoms with Gasteiger partial charge in [0, 0.05) is 31.7 Å². The van der Waals surface area contributed by atoms with E-state index in [4.69, 9.17) is 16.3 Å². The lowest BCUT2D eigenvalue weighted by Crippen LogP contribution is -2.42. The van der Waals surface area contributed by atoms with Crippen molar-refractivity contribution in [1.29, 1.82) is 0 Å². The minimum absolute atomic E-state index is 0.442. The first-order valence-corrected chi connectivity index (χ1v) is 7.73. The molecule has 7 heteroatoms. The second-order valence-corrected chi connectivity index (χ2v) is 5.55. The van der Waals surface area contributed by atoms with Gasteiger partial charge in [-0.15, -0.1) is 0 Å². The smallest absolute Gasteiger partial charge is 0.138 e. The third-order valence-corrected chi connectivity index (χ3v) is 3.81. The summed E-state index contributed by atoms with van der Waals surface area (Å²) in [7, 11) is 0. The molecular formula is C14H23ClN4O2. The Labute approximate surface area is 130 Å². The van der Waals surface area contributed by atoms with E-state index >= 15 is 0 Å². The van der Waals surface area contributed by atoms with Crippen molar-refractivity contribution in [2.75, 3.05) is 44.7 Å². The van der Waals surface area contributed by atoms with Crippen molar-refractivity contribution in [3.8, 4) is 0 Å². The molecule has 1 aliphatic rings. The molecule has 0 aromatic carbocycles. The molecule has 2 N–H and O–H groups in total. The Bertz CT molecular complexity index is 467. The number of aliphatic hydroxyl groups excluding tert-OH is 1. The molecule has 0 aliphatic carbocycles. The molecule has 1 atom stereocenters. The van der Waals surface area contributed by atoms with E-state index in [1.165, 1.54) is 0 Å². The Morgan fingerprint density at radius 2 is 2.10 bits per heavy atom. The molecule has 118 valence electrons. The minimum atomic E-state index is -0.457. The maximum absolute atomic E-state index is 10.1. The third kappa shape index (κ3) is 4.78. The fourth-order valence-corrected chi connectivity index (χ4v) is 2.73. The van der Waals surface area contributed by atoms with Gasteiger partial charge in [0.2, 0.25) is 0 Å². The lowest BCUT2D eigenvalue weighted by molar-refractivity contribution is 0.0171. The molecule has 0 spiro atoms. The molecular weight excluding hydrogens is 292 g/mol. The molecule has 21 heavy (non-hydrogen) atoms. The molecule has 0 saturated carbocycles. The highest BCUT2D eigenvalue weighted by atomic mass is 35.5. The molecule has 2 heterocycles. The van der Waals surface area contributed by atoms with Crippen LogP contribution >= 0.6 is 11.6 Å². The summed E-state index contributed by atoms with van der Waals surface area (Å²) in [5.74, 6) is 1.35. The van der Waals surface area contributed by atoms with E-state index in [-0.39, 0.29) is 0 Å². The number of aromatic nitrogens is 2. The number of nitrogens with zero attached hydrogens (tertiary/aromatic N) is 3. The highest BCUT2D eigenvalue weighted by Crippen LogP contribution is 2.21. The summed E-state index contributed by atoms with van der Waals surface area (Å²) in [5.41, 5.74) is 0.890. The topological polar surface area (TPSA) is 70.5 Å². The predicted octanol–water partition coefficient (Wildman–Crippen LogP) is 1.11. The first kappa shape index (κ1) is 16.4. The largest absolute Gasteiger partial charge is 0.390 e. The van der Waals surface area contributed by atoms with Crippen molar-refractivity contribution in [3.05, 3.63) is 16.5 Å². The zero-order chi connectivity index (χ0) is 15.2. The third-order valence-electron chi connectivity index (χ3n) is 3.50.